The van der Waals surface area contributed by atoms with E-state index < -0.39 is 5.97 Å². The predicted octanol–water partition coefficient (Wildman–Crippen LogP) is 0.511. The van der Waals surface area contributed by atoms with Gasteiger partial charge in [-0.3, -0.25) is 4.79 Å². The van der Waals surface area contributed by atoms with Gasteiger partial charge in [-0.2, -0.15) is 9.61 Å². The number of hydrogen-bond acceptors (Lipinski definition) is 5. The molecular weight excluding hydrogens is 204 g/mol. The lowest BCUT2D eigenvalue weighted by Crippen LogP contribution is -2.02. The molecule has 0 aromatic carbocycles. The van der Waals surface area contributed by atoms with Crippen LogP contribution in [0.25, 0.3) is 4.96 Å². The molecule has 2 aromatic rings. The van der Waals surface area contributed by atoms with Gasteiger partial charge in [0.05, 0.1) is 6.42 Å². The van der Waals surface area contributed by atoms with E-state index in [2.05, 4.69) is 15.3 Å². The summed E-state index contributed by atoms with van der Waals surface area (Å²) in [5.41, 5.74) is 0. The molecule has 6 nitrogen and oxygen atoms in total. The first-order valence-corrected chi connectivity index (χ1v) is 4.88. The highest BCUT2D eigenvalue weighted by Crippen LogP contribution is 2.13. The van der Waals surface area contributed by atoms with Crippen LogP contribution in [0.5, 0.6) is 0 Å². The highest BCUT2D eigenvalue weighted by molar-refractivity contribution is 7.16. The molecule has 1 N–H and O–H groups in total. The smallest absolute Gasteiger partial charge is 0.303 e. The van der Waals surface area contributed by atoms with E-state index in [1.54, 1.807) is 4.52 Å². The molecule has 14 heavy (non-hydrogen) atoms. The fraction of sp³-hybridized carbons (Fsp3) is 0.429. The summed E-state index contributed by atoms with van der Waals surface area (Å²) < 4.78 is 1.60. The number of carboxylic acids is 1. The van der Waals surface area contributed by atoms with Gasteiger partial charge in [0.2, 0.25) is 4.96 Å². The number of carbonyl (C=O) groups is 1. The van der Waals surface area contributed by atoms with Gasteiger partial charge >= 0.3 is 5.97 Å². The zero-order valence-corrected chi connectivity index (χ0v) is 8.28. The van der Waals surface area contributed by atoms with Crippen molar-refractivity contribution in [2.75, 3.05) is 0 Å². The van der Waals surface area contributed by atoms with Crippen LogP contribution < -0.4 is 0 Å². The molecule has 0 aliphatic carbocycles. The molecule has 0 unspecified atom stereocenters. The number of carboxylic acid groups (broad SMARTS) is 1. The molecule has 2 aromatic heterocycles. The van der Waals surface area contributed by atoms with Gasteiger partial charge in [-0.05, 0) is 6.92 Å². The van der Waals surface area contributed by atoms with Crippen LogP contribution in [0, 0.1) is 6.92 Å². The van der Waals surface area contributed by atoms with Crippen LogP contribution in [0.3, 0.4) is 0 Å². The van der Waals surface area contributed by atoms with Gasteiger partial charge in [-0.1, -0.05) is 11.3 Å². The first-order valence-electron chi connectivity index (χ1n) is 4.06. The van der Waals surface area contributed by atoms with Gasteiger partial charge < -0.3 is 5.11 Å². The standard InChI is InChI=1S/C7H8N4O2S/c1-4-10-11-5(2-3-6(12)13)8-9-7(11)14-4/h2-3H2,1H3,(H,12,13). The van der Waals surface area contributed by atoms with Crippen molar-refractivity contribution in [1.82, 2.24) is 19.8 Å². The van der Waals surface area contributed by atoms with Crippen molar-refractivity contribution in [1.29, 1.82) is 0 Å². The van der Waals surface area contributed by atoms with Crippen LogP contribution >= 0.6 is 11.3 Å². The van der Waals surface area contributed by atoms with E-state index in [0.29, 0.717) is 17.2 Å². The van der Waals surface area contributed by atoms with Crippen molar-refractivity contribution in [3.63, 3.8) is 0 Å². The molecule has 0 fully saturated rings. The minimum atomic E-state index is -0.839. The highest BCUT2D eigenvalue weighted by Gasteiger charge is 2.10. The zero-order chi connectivity index (χ0) is 10.1. The lowest BCUT2D eigenvalue weighted by atomic mass is 10.3. The Labute approximate surface area is 83.2 Å². The Kier molecular flexibility index (Phi) is 2.16. The van der Waals surface area contributed by atoms with Crippen LogP contribution in [-0.4, -0.2) is 30.9 Å². The molecule has 0 bridgehead atoms. The van der Waals surface area contributed by atoms with E-state index in [1.807, 2.05) is 6.92 Å². The Balaban J connectivity index is 2.28. The van der Waals surface area contributed by atoms with Crippen molar-refractivity contribution < 1.29 is 9.90 Å². The van der Waals surface area contributed by atoms with Crippen molar-refractivity contribution >= 4 is 22.3 Å². The SMILES string of the molecule is Cc1nn2c(CCC(=O)O)nnc2s1. The van der Waals surface area contributed by atoms with Crippen LogP contribution in [0.15, 0.2) is 0 Å². The van der Waals surface area contributed by atoms with Crippen molar-refractivity contribution in [2.45, 2.75) is 19.8 Å². The topological polar surface area (TPSA) is 80.4 Å². The molecule has 0 atom stereocenters. The summed E-state index contributed by atoms with van der Waals surface area (Å²) in [4.78, 5) is 11.1. The summed E-state index contributed by atoms with van der Waals surface area (Å²) >= 11 is 1.44. The van der Waals surface area contributed by atoms with Crippen LogP contribution in [0.1, 0.15) is 17.3 Å². The summed E-state index contributed by atoms with van der Waals surface area (Å²) in [5.74, 6) is -0.236. The second kappa shape index (κ2) is 3.33. The van der Waals surface area contributed by atoms with Gasteiger partial charge in [0.25, 0.3) is 0 Å². The van der Waals surface area contributed by atoms with Gasteiger partial charge in [0.1, 0.15) is 5.01 Å². The van der Waals surface area contributed by atoms with E-state index >= 15 is 0 Å². The normalized spacial score (nSPS) is 10.9. The van der Waals surface area contributed by atoms with Crippen molar-refractivity contribution in [3.8, 4) is 0 Å². The maximum absolute atomic E-state index is 10.4. The molecule has 0 aliphatic rings. The molecule has 0 amide bonds. The summed E-state index contributed by atoms with van der Waals surface area (Å²) in [6, 6.07) is 0. The Hall–Kier alpha value is -1.50. The van der Waals surface area contributed by atoms with Gasteiger partial charge in [-0.25, -0.2) is 0 Å². The summed E-state index contributed by atoms with van der Waals surface area (Å²) in [5, 5.41) is 21.3. The number of nitrogens with zero attached hydrogens (tertiary/aromatic N) is 4. The molecule has 0 saturated heterocycles. The van der Waals surface area contributed by atoms with E-state index in [9.17, 15) is 4.79 Å². The second-order valence-electron chi connectivity index (χ2n) is 2.83. The van der Waals surface area contributed by atoms with Crippen LogP contribution in [0.4, 0.5) is 0 Å². The molecule has 2 rings (SSSR count). The predicted molar refractivity (Wildman–Crippen MR) is 49.4 cm³/mol. The summed E-state index contributed by atoms with van der Waals surface area (Å²) in [6.45, 7) is 1.88. The Bertz CT molecular complexity index is 475. The van der Waals surface area contributed by atoms with E-state index in [1.165, 1.54) is 11.3 Å². The molecule has 7 heteroatoms. The highest BCUT2D eigenvalue weighted by atomic mass is 32.1. The monoisotopic (exact) mass is 212 g/mol. The lowest BCUT2D eigenvalue weighted by Gasteiger charge is -1.91. The molecule has 0 saturated carbocycles. The summed E-state index contributed by atoms with van der Waals surface area (Å²) in [7, 11) is 0. The third kappa shape index (κ3) is 1.58. The molecule has 0 radical (unpaired) electrons. The van der Waals surface area contributed by atoms with Crippen LogP contribution in [-0.2, 0) is 11.2 Å². The Morgan fingerprint density at radius 1 is 1.57 bits per heavy atom. The lowest BCUT2D eigenvalue weighted by molar-refractivity contribution is -0.137. The van der Waals surface area contributed by atoms with E-state index in [-0.39, 0.29) is 6.42 Å². The number of rotatable bonds is 3. The molecule has 0 aliphatic heterocycles. The number of aromatic nitrogens is 4. The van der Waals surface area contributed by atoms with Gasteiger partial charge in [-0.15, -0.1) is 10.2 Å². The number of aliphatic carboxylic acids is 1. The quantitative estimate of drug-likeness (QED) is 0.801. The summed E-state index contributed by atoms with van der Waals surface area (Å²) in [6.07, 6.45) is 0.414. The zero-order valence-electron chi connectivity index (χ0n) is 7.47. The largest absolute Gasteiger partial charge is 0.481 e. The maximum Gasteiger partial charge on any atom is 0.303 e. The second-order valence-corrected chi connectivity index (χ2v) is 3.99. The third-order valence-electron chi connectivity index (χ3n) is 1.72. The minimum absolute atomic E-state index is 0.0529. The maximum atomic E-state index is 10.4. The van der Waals surface area contributed by atoms with E-state index in [0.717, 1.165) is 5.01 Å². The average molecular weight is 212 g/mol. The van der Waals surface area contributed by atoms with Gasteiger partial charge in [0, 0.05) is 6.42 Å². The van der Waals surface area contributed by atoms with Gasteiger partial charge in [0.15, 0.2) is 5.82 Å². The van der Waals surface area contributed by atoms with Crippen molar-refractivity contribution in [2.24, 2.45) is 0 Å². The fourth-order valence-electron chi connectivity index (χ4n) is 1.13. The number of aryl methyl sites for hydroxylation is 2. The molecule has 2 heterocycles. The Morgan fingerprint density at radius 3 is 3.07 bits per heavy atom. The first kappa shape index (κ1) is 9.07. The van der Waals surface area contributed by atoms with Crippen LogP contribution in [0.2, 0.25) is 0 Å². The first-order chi connectivity index (χ1) is 6.66. The third-order valence-corrected chi connectivity index (χ3v) is 2.53. The van der Waals surface area contributed by atoms with E-state index in [4.69, 9.17) is 5.11 Å². The molecule has 74 valence electrons. The minimum Gasteiger partial charge on any atom is -0.481 e. The number of fused-ring (bicyclic) bond motifs is 1. The molecular formula is C7H8N4O2S. The fourth-order valence-corrected chi connectivity index (χ4v) is 1.83. The average Bonchev–Trinajstić information content (AvgIpc) is 2.60. The number of hydrogen-bond donors (Lipinski definition) is 1. The molecule has 0 spiro atoms. The van der Waals surface area contributed by atoms with Crippen molar-refractivity contribution in [3.05, 3.63) is 10.8 Å². The Morgan fingerprint density at radius 2 is 2.36 bits per heavy atom.